The van der Waals surface area contributed by atoms with Crippen molar-refractivity contribution in [1.82, 2.24) is 9.97 Å². The zero-order valence-electron chi connectivity index (χ0n) is 11.3. The summed E-state index contributed by atoms with van der Waals surface area (Å²) in [6, 6.07) is 7.17. The molecule has 0 unspecified atom stereocenters. The molecule has 1 aromatic carbocycles. The third kappa shape index (κ3) is 2.72. The van der Waals surface area contributed by atoms with Crippen LogP contribution in [0, 0.1) is 6.92 Å². The summed E-state index contributed by atoms with van der Waals surface area (Å²) >= 11 is 0. The van der Waals surface area contributed by atoms with E-state index in [0.29, 0.717) is 24.1 Å². The van der Waals surface area contributed by atoms with Gasteiger partial charge in [0.15, 0.2) is 0 Å². The molecule has 104 valence electrons. The van der Waals surface area contributed by atoms with Crippen molar-refractivity contribution in [3.05, 3.63) is 51.6 Å². The molecule has 0 amide bonds. The van der Waals surface area contributed by atoms with E-state index in [4.69, 9.17) is 10.5 Å². The molecule has 0 atom stereocenters. The van der Waals surface area contributed by atoms with Crippen molar-refractivity contribution in [2.45, 2.75) is 32.2 Å². The first-order chi connectivity index (χ1) is 9.65. The van der Waals surface area contributed by atoms with Gasteiger partial charge in [-0.15, -0.1) is 0 Å². The second-order valence-electron chi connectivity index (χ2n) is 5.15. The topological polar surface area (TPSA) is 81.0 Å². The monoisotopic (exact) mass is 271 g/mol. The van der Waals surface area contributed by atoms with Gasteiger partial charge in [-0.25, -0.2) is 0 Å². The molecule has 5 nitrogen and oxygen atoms in total. The minimum Gasteiger partial charge on any atom is -0.438 e. The molecule has 20 heavy (non-hydrogen) atoms. The van der Waals surface area contributed by atoms with Crippen molar-refractivity contribution in [1.29, 1.82) is 0 Å². The Kier molecular flexibility index (Phi) is 3.28. The quantitative estimate of drug-likeness (QED) is 0.893. The van der Waals surface area contributed by atoms with Crippen LogP contribution in [-0.4, -0.2) is 9.97 Å². The van der Waals surface area contributed by atoms with Gasteiger partial charge < -0.3 is 15.5 Å². The number of nitrogens with one attached hydrogen (secondary N) is 1. The lowest BCUT2D eigenvalue weighted by atomic mass is 10.1. The summed E-state index contributed by atoms with van der Waals surface area (Å²) < 4.78 is 5.76. The van der Waals surface area contributed by atoms with Gasteiger partial charge in [0.2, 0.25) is 5.88 Å². The van der Waals surface area contributed by atoms with E-state index in [1.807, 2.05) is 25.1 Å². The molecule has 0 radical (unpaired) electrons. The molecule has 5 heteroatoms. The van der Waals surface area contributed by atoms with E-state index in [1.165, 1.54) is 6.07 Å². The molecule has 3 rings (SSSR count). The van der Waals surface area contributed by atoms with Crippen molar-refractivity contribution in [2.75, 3.05) is 0 Å². The third-order valence-electron chi connectivity index (χ3n) is 3.40. The molecule has 1 aliphatic carbocycles. The van der Waals surface area contributed by atoms with Crippen LogP contribution < -0.4 is 16.0 Å². The number of benzene rings is 1. The second kappa shape index (κ2) is 5.09. The van der Waals surface area contributed by atoms with Crippen LogP contribution in [-0.2, 0) is 6.54 Å². The van der Waals surface area contributed by atoms with Crippen molar-refractivity contribution < 1.29 is 4.74 Å². The van der Waals surface area contributed by atoms with Crippen molar-refractivity contribution in [2.24, 2.45) is 5.73 Å². The molecule has 1 aliphatic rings. The Morgan fingerprint density at radius 2 is 2.20 bits per heavy atom. The van der Waals surface area contributed by atoms with E-state index in [9.17, 15) is 4.79 Å². The molecule has 0 spiro atoms. The second-order valence-corrected chi connectivity index (χ2v) is 5.15. The van der Waals surface area contributed by atoms with E-state index in [2.05, 4.69) is 9.97 Å². The summed E-state index contributed by atoms with van der Waals surface area (Å²) in [6.45, 7) is 2.40. The van der Waals surface area contributed by atoms with Crippen molar-refractivity contribution >= 4 is 0 Å². The Morgan fingerprint density at radius 1 is 1.40 bits per heavy atom. The predicted molar refractivity (Wildman–Crippen MR) is 76.0 cm³/mol. The number of H-pyrrole nitrogens is 1. The summed E-state index contributed by atoms with van der Waals surface area (Å²) in [6.07, 6.45) is 2.15. The van der Waals surface area contributed by atoms with Gasteiger partial charge >= 0.3 is 0 Å². The molecule has 1 saturated carbocycles. The summed E-state index contributed by atoms with van der Waals surface area (Å²) in [5.74, 6) is 2.13. The lowest BCUT2D eigenvalue weighted by Crippen LogP contribution is -2.10. The van der Waals surface area contributed by atoms with Crippen LogP contribution in [0.4, 0.5) is 0 Å². The summed E-state index contributed by atoms with van der Waals surface area (Å²) in [5.41, 5.74) is 7.42. The third-order valence-corrected chi connectivity index (χ3v) is 3.40. The van der Waals surface area contributed by atoms with Gasteiger partial charge in [0.25, 0.3) is 5.56 Å². The Balaban J connectivity index is 1.92. The Labute approximate surface area is 116 Å². The lowest BCUT2D eigenvalue weighted by Gasteiger charge is -2.10. The minimum atomic E-state index is -0.176. The average Bonchev–Trinajstić information content (AvgIpc) is 3.25. The fourth-order valence-electron chi connectivity index (χ4n) is 2.05. The predicted octanol–water partition coefficient (Wildman–Crippen LogP) is 2.21. The Hall–Kier alpha value is -2.14. The number of hydrogen-bond donors (Lipinski definition) is 2. The SMILES string of the molecule is Cc1ccc(CN)cc1Oc1cc(=O)[nH]c(C2CC2)n1. The summed E-state index contributed by atoms with van der Waals surface area (Å²) in [5, 5.41) is 0. The highest BCUT2D eigenvalue weighted by Gasteiger charge is 2.26. The molecule has 0 aliphatic heterocycles. The first-order valence-corrected chi connectivity index (χ1v) is 6.74. The smallest absolute Gasteiger partial charge is 0.254 e. The Bertz CT molecular complexity index is 690. The van der Waals surface area contributed by atoms with E-state index in [1.54, 1.807) is 0 Å². The van der Waals surface area contributed by atoms with Crippen LogP contribution in [0.3, 0.4) is 0 Å². The number of ether oxygens (including phenoxy) is 1. The van der Waals surface area contributed by atoms with Crippen LogP contribution in [0.1, 0.15) is 35.7 Å². The molecular weight excluding hydrogens is 254 g/mol. The standard InChI is InChI=1S/C15H17N3O2/c1-9-2-3-10(8-16)6-12(9)20-14-7-13(19)17-15(18-14)11-4-5-11/h2-3,6-7,11H,4-5,8,16H2,1H3,(H,17,18,19). The van der Waals surface area contributed by atoms with E-state index >= 15 is 0 Å². The number of rotatable bonds is 4. The van der Waals surface area contributed by atoms with E-state index in [0.717, 1.165) is 29.8 Å². The highest BCUT2D eigenvalue weighted by molar-refractivity contribution is 5.38. The zero-order valence-corrected chi connectivity index (χ0v) is 11.3. The fourth-order valence-corrected chi connectivity index (χ4v) is 2.05. The number of hydrogen-bond acceptors (Lipinski definition) is 4. The summed E-state index contributed by atoms with van der Waals surface area (Å²) in [4.78, 5) is 18.8. The van der Waals surface area contributed by atoms with Crippen LogP contribution in [0.15, 0.2) is 29.1 Å². The average molecular weight is 271 g/mol. The van der Waals surface area contributed by atoms with Gasteiger partial charge in [0.05, 0.1) is 6.07 Å². The highest BCUT2D eigenvalue weighted by Crippen LogP contribution is 2.38. The molecule has 2 aromatic rings. The first-order valence-electron chi connectivity index (χ1n) is 6.74. The number of nitrogens with zero attached hydrogens (tertiary/aromatic N) is 1. The molecule has 1 heterocycles. The number of aromatic nitrogens is 2. The van der Waals surface area contributed by atoms with Gasteiger partial charge in [0.1, 0.15) is 11.6 Å². The molecule has 3 N–H and O–H groups in total. The fraction of sp³-hybridized carbons (Fsp3) is 0.333. The van der Waals surface area contributed by atoms with Crippen LogP contribution >= 0.6 is 0 Å². The van der Waals surface area contributed by atoms with Gasteiger partial charge in [-0.3, -0.25) is 4.79 Å². The molecular formula is C15H17N3O2. The van der Waals surface area contributed by atoms with Crippen LogP contribution in [0.2, 0.25) is 0 Å². The normalized spacial score (nSPS) is 14.3. The van der Waals surface area contributed by atoms with Gasteiger partial charge in [0, 0.05) is 12.5 Å². The molecule has 1 aromatic heterocycles. The van der Waals surface area contributed by atoms with Gasteiger partial charge in [-0.1, -0.05) is 12.1 Å². The Morgan fingerprint density at radius 3 is 2.90 bits per heavy atom. The highest BCUT2D eigenvalue weighted by atomic mass is 16.5. The molecule has 0 bridgehead atoms. The molecule has 1 fully saturated rings. The number of nitrogens with two attached hydrogens (primary N) is 1. The number of aromatic amines is 1. The number of aryl methyl sites for hydroxylation is 1. The zero-order chi connectivity index (χ0) is 14.1. The largest absolute Gasteiger partial charge is 0.438 e. The van der Waals surface area contributed by atoms with Crippen molar-refractivity contribution in [3.8, 4) is 11.6 Å². The minimum absolute atomic E-state index is 0.176. The first kappa shape index (κ1) is 12.9. The van der Waals surface area contributed by atoms with E-state index in [-0.39, 0.29) is 5.56 Å². The molecule has 0 saturated heterocycles. The lowest BCUT2D eigenvalue weighted by molar-refractivity contribution is 0.453. The maximum atomic E-state index is 11.6. The van der Waals surface area contributed by atoms with Gasteiger partial charge in [-0.05, 0) is 37.0 Å². The van der Waals surface area contributed by atoms with Crippen LogP contribution in [0.25, 0.3) is 0 Å². The maximum absolute atomic E-state index is 11.6. The van der Waals surface area contributed by atoms with Crippen LogP contribution in [0.5, 0.6) is 11.6 Å². The summed E-state index contributed by atoms with van der Waals surface area (Å²) in [7, 11) is 0. The van der Waals surface area contributed by atoms with E-state index < -0.39 is 0 Å². The maximum Gasteiger partial charge on any atom is 0.254 e. The van der Waals surface area contributed by atoms with Gasteiger partial charge in [-0.2, -0.15) is 4.98 Å². The van der Waals surface area contributed by atoms with Crippen molar-refractivity contribution in [3.63, 3.8) is 0 Å².